The van der Waals surface area contributed by atoms with Crippen LogP contribution in [0.15, 0.2) is 29.1 Å². The number of hydrogen-bond donors (Lipinski definition) is 1. The van der Waals surface area contributed by atoms with E-state index in [9.17, 15) is 4.79 Å². The van der Waals surface area contributed by atoms with Gasteiger partial charge in [-0.25, -0.2) is 4.98 Å². The number of rotatable bonds is 3. The zero-order chi connectivity index (χ0) is 14.0. The molecule has 5 heteroatoms. The Kier molecular flexibility index (Phi) is 4.24. The van der Waals surface area contributed by atoms with E-state index in [-0.39, 0.29) is 11.5 Å². The van der Waals surface area contributed by atoms with Crippen LogP contribution in [0.3, 0.4) is 0 Å². The number of aromatic nitrogens is 2. The van der Waals surface area contributed by atoms with Gasteiger partial charge in [0.25, 0.3) is 5.56 Å². The monoisotopic (exact) mass is 370 g/mol. The number of benzene rings is 1. The highest BCUT2D eigenvalue weighted by Crippen LogP contribution is 2.22. The molecule has 0 unspecified atom stereocenters. The van der Waals surface area contributed by atoms with Gasteiger partial charge >= 0.3 is 0 Å². The summed E-state index contributed by atoms with van der Waals surface area (Å²) in [6.45, 7) is 4.06. The Morgan fingerprint density at radius 2 is 1.89 bits per heavy atom. The summed E-state index contributed by atoms with van der Waals surface area (Å²) in [4.78, 5) is 19.3. The van der Waals surface area contributed by atoms with Gasteiger partial charge in [-0.15, -0.1) is 0 Å². The molecule has 100 valence electrons. The Hall–Kier alpha value is -1.37. The van der Waals surface area contributed by atoms with Crippen molar-refractivity contribution in [1.82, 2.24) is 9.97 Å². The van der Waals surface area contributed by atoms with Crippen LogP contribution in [0.4, 0.5) is 0 Å². The van der Waals surface area contributed by atoms with E-state index in [1.165, 1.54) is 0 Å². The second-order valence-corrected chi connectivity index (χ2v) is 5.58. The van der Waals surface area contributed by atoms with Crippen LogP contribution >= 0.6 is 22.6 Å². The summed E-state index contributed by atoms with van der Waals surface area (Å²) in [6.07, 6.45) is 0. The number of ether oxygens (including phenoxy) is 1. The molecular weight excluding hydrogens is 355 g/mol. The van der Waals surface area contributed by atoms with E-state index in [1.807, 2.05) is 60.7 Å². The quantitative estimate of drug-likeness (QED) is 0.845. The van der Waals surface area contributed by atoms with Crippen LogP contribution in [0, 0.1) is 3.57 Å². The summed E-state index contributed by atoms with van der Waals surface area (Å²) < 4.78 is 5.77. The number of aromatic amines is 1. The van der Waals surface area contributed by atoms with E-state index in [4.69, 9.17) is 4.74 Å². The minimum atomic E-state index is -0.0925. The fraction of sp³-hybridized carbons (Fsp3) is 0.286. The molecular formula is C14H15IN2O2. The highest BCUT2D eigenvalue weighted by atomic mass is 127. The number of nitrogens with zero attached hydrogens (tertiary/aromatic N) is 1. The van der Waals surface area contributed by atoms with E-state index in [0.29, 0.717) is 9.39 Å². The first-order valence-electron chi connectivity index (χ1n) is 5.97. The zero-order valence-electron chi connectivity index (χ0n) is 11.0. The van der Waals surface area contributed by atoms with Gasteiger partial charge in [0.05, 0.1) is 16.4 Å². The molecule has 0 aliphatic heterocycles. The molecule has 0 fully saturated rings. The van der Waals surface area contributed by atoms with E-state index < -0.39 is 0 Å². The lowest BCUT2D eigenvalue weighted by Crippen LogP contribution is -2.17. The molecule has 2 rings (SSSR count). The van der Waals surface area contributed by atoms with E-state index >= 15 is 0 Å². The smallest absolute Gasteiger partial charge is 0.264 e. The number of halogens is 1. The van der Waals surface area contributed by atoms with Gasteiger partial charge in [-0.1, -0.05) is 13.8 Å². The van der Waals surface area contributed by atoms with Crippen LogP contribution < -0.4 is 10.3 Å². The Balaban J connectivity index is 2.53. The molecule has 0 bridgehead atoms. The third-order valence-electron chi connectivity index (χ3n) is 2.80. The van der Waals surface area contributed by atoms with Crippen molar-refractivity contribution in [1.29, 1.82) is 0 Å². The first-order chi connectivity index (χ1) is 9.02. The molecule has 1 aromatic carbocycles. The maximum Gasteiger partial charge on any atom is 0.264 e. The van der Waals surface area contributed by atoms with Crippen molar-refractivity contribution in [2.24, 2.45) is 0 Å². The predicted molar refractivity (Wildman–Crippen MR) is 83.7 cm³/mol. The van der Waals surface area contributed by atoms with Crippen LogP contribution in [0.25, 0.3) is 11.4 Å². The normalized spacial score (nSPS) is 10.8. The van der Waals surface area contributed by atoms with Gasteiger partial charge in [-0.05, 0) is 52.8 Å². The van der Waals surface area contributed by atoms with E-state index in [0.717, 1.165) is 17.0 Å². The number of hydrogen-bond acceptors (Lipinski definition) is 3. The van der Waals surface area contributed by atoms with Crippen molar-refractivity contribution in [3.8, 4) is 17.1 Å². The largest absolute Gasteiger partial charge is 0.497 e. The zero-order valence-corrected chi connectivity index (χ0v) is 13.2. The molecule has 0 aliphatic rings. The maximum absolute atomic E-state index is 11.9. The molecule has 2 aromatic rings. The lowest BCUT2D eigenvalue weighted by molar-refractivity contribution is 0.415. The Labute approximate surface area is 125 Å². The molecule has 1 aromatic heterocycles. The van der Waals surface area contributed by atoms with Gasteiger partial charge in [-0.2, -0.15) is 0 Å². The lowest BCUT2D eigenvalue weighted by atomic mass is 10.1. The molecule has 0 saturated carbocycles. The van der Waals surface area contributed by atoms with Crippen LogP contribution in [0.2, 0.25) is 0 Å². The van der Waals surface area contributed by atoms with Crippen LogP contribution in [0.5, 0.6) is 5.75 Å². The fourth-order valence-corrected chi connectivity index (χ4v) is 2.62. The third kappa shape index (κ3) is 2.97. The van der Waals surface area contributed by atoms with E-state index in [1.54, 1.807) is 7.11 Å². The number of methoxy groups -OCH3 is 1. The second-order valence-electron chi connectivity index (χ2n) is 4.50. The van der Waals surface area contributed by atoms with Gasteiger partial charge in [0.15, 0.2) is 0 Å². The molecule has 0 saturated heterocycles. The van der Waals surface area contributed by atoms with Crippen LogP contribution in [-0.4, -0.2) is 17.1 Å². The summed E-state index contributed by atoms with van der Waals surface area (Å²) in [6, 6.07) is 7.47. The van der Waals surface area contributed by atoms with Crippen molar-refractivity contribution in [2.75, 3.05) is 7.11 Å². The highest BCUT2D eigenvalue weighted by molar-refractivity contribution is 14.1. The van der Waals surface area contributed by atoms with Crippen LogP contribution in [-0.2, 0) is 0 Å². The topological polar surface area (TPSA) is 55.0 Å². The number of H-pyrrole nitrogens is 1. The molecule has 0 amide bonds. The van der Waals surface area contributed by atoms with Crippen molar-refractivity contribution in [3.05, 3.63) is 43.9 Å². The third-order valence-corrected chi connectivity index (χ3v) is 3.84. The minimum absolute atomic E-state index is 0.0925. The summed E-state index contributed by atoms with van der Waals surface area (Å²) in [5, 5.41) is 0. The van der Waals surface area contributed by atoms with Crippen molar-refractivity contribution in [3.63, 3.8) is 0 Å². The second kappa shape index (κ2) is 5.73. The maximum atomic E-state index is 11.9. The Morgan fingerprint density at radius 1 is 1.26 bits per heavy atom. The molecule has 1 N–H and O–H groups in total. The van der Waals surface area contributed by atoms with Crippen LogP contribution in [0.1, 0.15) is 25.5 Å². The summed E-state index contributed by atoms with van der Waals surface area (Å²) in [5.74, 6) is 1.59. The standard InChI is InChI=1S/C14H15IN2O2/c1-8(2)12-11(15)14(18)17-13(16-12)9-4-6-10(19-3)7-5-9/h4-8H,1-3H3,(H,16,17,18). The fourth-order valence-electron chi connectivity index (χ4n) is 1.74. The van der Waals surface area contributed by atoms with Gasteiger partial charge in [0.1, 0.15) is 11.6 Å². The predicted octanol–water partition coefficient (Wildman–Crippen LogP) is 3.17. The Morgan fingerprint density at radius 3 is 2.42 bits per heavy atom. The molecule has 1 heterocycles. The number of nitrogens with one attached hydrogen (secondary N) is 1. The average molecular weight is 370 g/mol. The van der Waals surface area contributed by atoms with Gasteiger partial charge in [0.2, 0.25) is 0 Å². The summed E-state index contributed by atoms with van der Waals surface area (Å²) in [5.41, 5.74) is 1.61. The van der Waals surface area contributed by atoms with E-state index in [2.05, 4.69) is 9.97 Å². The molecule has 19 heavy (non-hydrogen) atoms. The SMILES string of the molecule is COc1ccc(-c2nc(C(C)C)c(I)c(=O)[nH]2)cc1. The molecule has 0 radical (unpaired) electrons. The Bertz CT molecular complexity index is 633. The first-order valence-corrected chi connectivity index (χ1v) is 7.05. The summed E-state index contributed by atoms with van der Waals surface area (Å²) >= 11 is 2.04. The van der Waals surface area contributed by atoms with Gasteiger partial charge in [0, 0.05) is 5.56 Å². The molecule has 0 spiro atoms. The molecule has 4 nitrogen and oxygen atoms in total. The molecule has 0 atom stereocenters. The minimum Gasteiger partial charge on any atom is -0.497 e. The van der Waals surface area contributed by atoms with Gasteiger partial charge < -0.3 is 9.72 Å². The highest BCUT2D eigenvalue weighted by Gasteiger charge is 2.13. The first kappa shape index (κ1) is 14.0. The van der Waals surface area contributed by atoms with Crippen molar-refractivity contribution >= 4 is 22.6 Å². The average Bonchev–Trinajstić information content (AvgIpc) is 2.41. The van der Waals surface area contributed by atoms with Crippen molar-refractivity contribution in [2.45, 2.75) is 19.8 Å². The molecule has 0 aliphatic carbocycles. The lowest BCUT2D eigenvalue weighted by Gasteiger charge is -2.09. The van der Waals surface area contributed by atoms with Crippen molar-refractivity contribution < 1.29 is 4.74 Å². The van der Waals surface area contributed by atoms with Gasteiger partial charge in [-0.3, -0.25) is 4.79 Å². The summed E-state index contributed by atoms with van der Waals surface area (Å²) in [7, 11) is 1.62.